The summed E-state index contributed by atoms with van der Waals surface area (Å²) < 4.78 is 21.0. The molecule has 3 heterocycles. The number of hydrogen-bond donors (Lipinski definition) is 2. The summed E-state index contributed by atoms with van der Waals surface area (Å²) in [5, 5.41) is 7.31. The van der Waals surface area contributed by atoms with Gasteiger partial charge in [-0.15, -0.1) is 0 Å². The molecule has 0 unspecified atom stereocenters. The van der Waals surface area contributed by atoms with E-state index in [1.165, 1.54) is 38.6 Å². The molecule has 1 aromatic carbocycles. The number of nitrogens with one attached hydrogen (secondary N) is 1. The van der Waals surface area contributed by atoms with E-state index in [4.69, 9.17) is 10.5 Å². The lowest BCUT2D eigenvalue weighted by Crippen LogP contribution is -2.40. The Labute approximate surface area is 205 Å². The van der Waals surface area contributed by atoms with Crippen molar-refractivity contribution in [3.8, 4) is 5.75 Å². The summed E-state index contributed by atoms with van der Waals surface area (Å²) in [6.07, 6.45) is 3.23. The number of likely N-dealkylation sites (tertiary alicyclic amines) is 1. The van der Waals surface area contributed by atoms with Crippen LogP contribution in [0.4, 0.5) is 20.7 Å². The first kappa shape index (κ1) is 24.6. The number of aromatic nitrogens is 4. The van der Waals surface area contributed by atoms with Gasteiger partial charge in [-0.1, -0.05) is 6.58 Å². The van der Waals surface area contributed by atoms with E-state index in [0.717, 1.165) is 17.4 Å². The van der Waals surface area contributed by atoms with E-state index >= 15 is 0 Å². The number of carbonyl (C=O) groups excluding carboxylic acids is 3. The molecule has 1 aliphatic rings. The molecule has 0 spiro atoms. The average Bonchev–Trinajstić information content (AvgIpc) is 3.26. The Morgan fingerprint density at radius 2 is 2.08 bits per heavy atom. The number of piperidine rings is 1. The van der Waals surface area contributed by atoms with Crippen molar-refractivity contribution >= 4 is 40.4 Å². The van der Waals surface area contributed by atoms with Crippen LogP contribution in [-0.4, -0.2) is 74.6 Å². The van der Waals surface area contributed by atoms with E-state index in [2.05, 4.69) is 27.0 Å². The van der Waals surface area contributed by atoms with Gasteiger partial charge in [0, 0.05) is 38.9 Å². The maximum atomic E-state index is 14.5. The SMILES string of the molecule is C=CC(=O)N1CCC[C@@H](n2nc(C(=O)Nc3ccc(OC(=O)N(C)C)c(F)c3)c3c(N)ncnc32)C1. The molecule has 2 aromatic heterocycles. The Morgan fingerprint density at radius 1 is 1.31 bits per heavy atom. The fraction of sp³-hybridized carbons (Fsp3) is 0.304. The molecule has 0 aliphatic carbocycles. The van der Waals surface area contributed by atoms with Gasteiger partial charge in [0.2, 0.25) is 5.91 Å². The van der Waals surface area contributed by atoms with Crippen LogP contribution in [0.3, 0.4) is 0 Å². The molecule has 3 N–H and O–H groups in total. The third-order valence-electron chi connectivity index (χ3n) is 5.71. The van der Waals surface area contributed by atoms with Crippen molar-refractivity contribution in [1.82, 2.24) is 29.5 Å². The van der Waals surface area contributed by atoms with Crippen molar-refractivity contribution < 1.29 is 23.5 Å². The molecule has 1 saturated heterocycles. The standard InChI is InChI=1S/C23H25FN8O4/c1-4-17(33)31-9-5-6-14(11-31)32-21-18(20(25)26-12-27-21)19(29-32)22(34)28-13-7-8-16(15(24)10-13)36-23(35)30(2)3/h4,7-8,10,12,14H,1,5-6,9,11H2,2-3H3,(H,28,34)(H2,25,26,27)/t14-/m1/s1. The lowest BCUT2D eigenvalue weighted by Gasteiger charge is -2.32. The minimum Gasteiger partial charge on any atom is -0.407 e. The minimum atomic E-state index is -0.838. The van der Waals surface area contributed by atoms with E-state index in [-0.39, 0.29) is 40.3 Å². The Morgan fingerprint density at radius 3 is 2.78 bits per heavy atom. The molecule has 13 heteroatoms. The van der Waals surface area contributed by atoms with E-state index in [1.54, 1.807) is 9.58 Å². The topological polar surface area (TPSA) is 149 Å². The number of carbonyl (C=O) groups is 3. The van der Waals surface area contributed by atoms with Crippen LogP contribution in [0.15, 0.2) is 37.2 Å². The Bertz CT molecular complexity index is 1360. The maximum absolute atomic E-state index is 14.5. The van der Waals surface area contributed by atoms with Gasteiger partial charge in [-0.25, -0.2) is 23.8 Å². The van der Waals surface area contributed by atoms with Gasteiger partial charge in [-0.2, -0.15) is 5.10 Å². The highest BCUT2D eigenvalue weighted by Gasteiger charge is 2.29. The zero-order valence-corrected chi connectivity index (χ0v) is 19.8. The fourth-order valence-electron chi connectivity index (χ4n) is 3.93. The van der Waals surface area contributed by atoms with E-state index < -0.39 is 17.8 Å². The number of fused-ring (bicyclic) bond motifs is 1. The third-order valence-corrected chi connectivity index (χ3v) is 5.71. The van der Waals surface area contributed by atoms with Crippen molar-refractivity contribution in [1.29, 1.82) is 0 Å². The smallest absolute Gasteiger partial charge is 0.407 e. The third kappa shape index (κ3) is 4.80. The molecule has 3 aromatic rings. The summed E-state index contributed by atoms with van der Waals surface area (Å²) in [6.45, 7) is 4.50. The monoisotopic (exact) mass is 496 g/mol. The number of benzene rings is 1. The number of anilines is 2. The molecule has 1 aliphatic heterocycles. The highest BCUT2D eigenvalue weighted by molar-refractivity contribution is 6.13. The molecule has 12 nitrogen and oxygen atoms in total. The molecule has 36 heavy (non-hydrogen) atoms. The lowest BCUT2D eigenvalue weighted by atomic mass is 10.1. The lowest BCUT2D eigenvalue weighted by molar-refractivity contribution is -0.127. The molecule has 0 saturated carbocycles. The van der Waals surface area contributed by atoms with Crippen molar-refractivity contribution in [3.63, 3.8) is 0 Å². The summed E-state index contributed by atoms with van der Waals surface area (Å²) >= 11 is 0. The second-order valence-corrected chi connectivity index (χ2v) is 8.40. The van der Waals surface area contributed by atoms with E-state index in [9.17, 15) is 18.8 Å². The van der Waals surface area contributed by atoms with Crippen LogP contribution in [0.25, 0.3) is 11.0 Å². The molecule has 0 radical (unpaired) electrons. The molecule has 1 atom stereocenters. The van der Waals surface area contributed by atoms with Crippen LogP contribution in [0.5, 0.6) is 5.75 Å². The number of rotatable bonds is 5. The zero-order chi connectivity index (χ0) is 26.0. The second-order valence-electron chi connectivity index (χ2n) is 8.40. The summed E-state index contributed by atoms with van der Waals surface area (Å²) in [7, 11) is 2.94. The van der Waals surface area contributed by atoms with Crippen molar-refractivity contribution in [2.45, 2.75) is 18.9 Å². The average molecular weight is 497 g/mol. The molecule has 188 valence electrons. The number of nitrogens with zero attached hydrogens (tertiary/aromatic N) is 6. The van der Waals surface area contributed by atoms with Gasteiger partial charge < -0.3 is 25.6 Å². The molecular formula is C23H25FN8O4. The number of ether oxygens (including phenoxy) is 1. The van der Waals surface area contributed by atoms with Crippen LogP contribution >= 0.6 is 0 Å². The van der Waals surface area contributed by atoms with Crippen molar-refractivity contribution in [3.05, 3.63) is 48.7 Å². The van der Waals surface area contributed by atoms with Crippen molar-refractivity contribution in [2.75, 3.05) is 38.2 Å². The second kappa shape index (κ2) is 9.98. The van der Waals surface area contributed by atoms with Crippen molar-refractivity contribution in [2.24, 2.45) is 0 Å². The largest absolute Gasteiger partial charge is 0.414 e. The molecule has 3 amide bonds. The number of nitrogens with two attached hydrogens (primary N) is 1. The first-order valence-corrected chi connectivity index (χ1v) is 11.1. The van der Waals surface area contributed by atoms with Gasteiger partial charge in [-0.05, 0) is 31.1 Å². The van der Waals surface area contributed by atoms with Crippen LogP contribution in [0, 0.1) is 5.82 Å². The van der Waals surface area contributed by atoms with Crippen LogP contribution in [-0.2, 0) is 4.79 Å². The minimum absolute atomic E-state index is 0.0428. The van der Waals surface area contributed by atoms with Gasteiger partial charge >= 0.3 is 6.09 Å². The Hall–Kier alpha value is -4.55. The normalized spacial score (nSPS) is 15.4. The zero-order valence-electron chi connectivity index (χ0n) is 19.8. The van der Waals surface area contributed by atoms with E-state index in [0.29, 0.717) is 25.2 Å². The quantitative estimate of drug-likeness (QED) is 0.511. The maximum Gasteiger partial charge on any atom is 0.414 e. The molecule has 0 bridgehead atoms. The number of hydrogen-bond acceptors (Lipinski definition) is 8. The molecule has 4 rings (SSSR count). The number of amides is 3. The predicted molar refractivity (Wildman–Crippen MR) is 129 cm³/mol. The molecule has 1 fully saturated rings. The number of nitrogen functional groups attached to an aromatic ring is 1. The number of halogens is 1. The summed E-state index contributed by atoms with van der Waals surface area (Å²) in [6, 6.07) is 3.39. The van der Waals surface area contributed by atoms with Crippen LogP contribution < -0.4 is 15.8 Å². The van der Waals surface area contributed by atoms with E-state index in [1.807, 2.05) is 0 Å². The summed E-state index contributed by atoms with van der Waals surface area (Å²) in [5.74, 6) is -1.91. The van der Waals surface area contributed by atoms with Gasteiger partial charge in [0.05, 0.1) is 11.4 Å². The summed E-state index contributed by atoms with van der Waals surface area (Å²) in [5.41, 5.74) is 6.49. The predicted octanol–water partition coefficient (Wildman–Crippen LogP) is 2.21. The van der Waals surface area contributed by atoms with Gasteiger partial charge in [0.1, 0.15) is 12.1 Å². The summed E-state index contributed by atoms with van der Waals surface area (Å²) in [4.78, 5) is 48.1. The highest BCUT2D eigenvalue weighted by atomic mass is 19.1. The van der Waals surface area contributed by atoms with Gasteiger partial charge in [0.25, 0.3) is 5.91 Å². The van der Waals surface area contributed by atoms with Crippen LogP contribution in [0.2, 0.25) is 0 Å². The Kier molecular flexibility index (Phi) is 6.81. The fourth-order valence-corrected chi connectivity index (χ4v) is 3.93. The highest BCUT2D eigenvalue weighted by Crippen LogP contribution is 2.29. The first-order valence-electron chi connectivity index (χ1n) is 11.1. The van der Waals surface area contributed by atoms with Gasteiger partial charge in [0.15, 0.2) is 22.9 Å². The van der Waals surface area contributed by atoms with Crippen LogP contribution in [0.1, 0.15) is 29.4 Å². The van der Waals surface area contributed by atoms with Gasteiger partial charge in [-0.3, -0.25) is 9.59 Å². The molecular weight excluding hydrogens is 471 g/mol. The Balaban J connectivity index is 1.62. The first-order chi connectivity index (χ1) is 17.2.